The van der Waals surface area contributed by atoms with Crippen LogP contribution in [0, 0.1) is 6.92 Å². The van der Waals surface area contributed by atoms with Gasteiger partial charge in [0.1, 0.15) is 0 Å². The highest BCUT2D eigenvalue weighted by Gasteiger charge is 1.99. The summed E-state index contributed by atoms with van der Waals surface area (Å²) in [5, 5.41) is 4.31. The van der Waals surface area contributed by atoms with Crippen molar-refractivity contribution < 1.29 is 0 Å². The van der Waals surface area contributed by atoms with Gasteiger partial charge in [-0.15, -0.1) is 0 Å². The van der Waals surface area contributed by atoms with Crippen molar-refractivity contribution in [3.05, 3.63) is 47.3 Å². The molecular weight excluding hydrogens is 238 g/mol. The third-order valence-electron chi connectivity index (χ3n) is 2.62. The summed E-state index contributed by atoms with van der Waals surface area (Å²) in [5.41, 5.74) is 8.89. The zero-order valence-electron chi connectivity index (χ0n) is 11.5. The summed E-state index contributed by atoms with van der Waals surface area (Å²) >= 11 is 0. The van der Waals surface area contributed by atoms with Gasteiger partial charge in [0.2, 0.25) is 5.95 Å². The van der Waals surface area contributed by atoms with E-state index in [1.807, 2.05) is 19.1 Å². The minimum atomic E-state index is 0.401. The smallest absolute Gasteiger partial charge is 0.221 e. The third kappa shape index (κ3) is 3.66. The molecule has 0 saturated heterocycles. The normalized spacial score (nSPS) is 11.6. The van der Waals surface area contributed by atoms with E-state index in [-0.39, 0.29) is 0 Å². The van der Waals surface area contributed by atoms with Gasteiger partial charge in [0.05, 0.1) is 18.1 Å². The molecule has 1 aromatic heterocycles. The minimum Gasteiger partial charge on any atom is -0.368 e. The Balaban J connectivity index is 2.16. The molecule has 0 bridgehead atoms. The van der Waals surface area contributed by atoms with Gasteiger partial charge in [-0.2, -0.15) is 5.10 Å². The predicted octanol–water partition coefficient (Wildman–Crippen LogP) is 1.72. The molecule has 1 heterocycles. The van der Waals surface area contributed by atoms with E-state index in [1.54, 1.807) is 17.1 Å². The van der Waals surface area contributed by atoms with E-state index in [0.29, 0.717) is 5.95 Å². The molecule has 0 saturated carbocycles. The van der Waals surface area contributed by atoms with Crippen LogP contribution in [-0.4, -0.2) is 34.9 Å². The number of nitrogens with zero attached hydrogens (tertiary/aromatic N) is 4. The second-order valence-electron chi connectivity index (χ2n) is 4.81. The molecule has 0 radical (unpaired) electrons. The van der Waals surface area contributed by atoms with Gasteiger partial charge in [-0.1, -0.05) is 18.2 Å². The Kier molecular flexibility index (Phi) is 3.97. The van der Waals surface area contributed by atoms with Crippen LogP contribution in [0.15, 0.2) is 35.6 Å². The fourth-order valence-electron chi connectivity index (χ4n) is 1.86. The van der Waals surface area contributed by atoms with Gasteiger partial charge in [-0.25, -0.2) is 9.66 Å². The number of aromatic nitrogens is 2. The number of anilines is 1. The zero-order valence-corrected chi connectivity index (χ0v) is 11.5. The topological polar surface area (TPSA) is 59.4 Å². The summed E-state index contributed by atoms with van der Waals surface area (Å²) in [6.45, 7) is 2.80. The molecule has 2 rings (SSSR count). The number of nitrogens with two attached hydrogens (primary N) is 1. The van der Waals surface area contributed by atoms with Crippen molar-refractivity contribution in [1.29, 1.82) is 0 Å². The summed E-state index contributed by atoms with van der Waals surface area (Å²) in [5.74, 6) is 0.401. The number of imidazole rings is 1. The summed E-state index contributed by atoms with van der Waals surface area (Å²) in [6.07, 6.45) is 3.59. The van der Waals surface area contributed by atoms with E-state index < -0.39 is 0 Å². The van der Waals surface area contributed by atoms with Gasteiger partial charge in [-0.05, 0) is 38.2 Å². The first kappa shape index (κ1) is 13.3. The number of rotatable bonds is 4. The highest BCUT2D eigenvalue weighted by molar-refractivity contribution is 5.79. The van der Waals surface area contributed by atoms with Crippen molar-refractivity contribution in [2.45, 2.75) is 13.5 Å². The molecule has 0 aliphatic heterocycles. The van der Waals surface area contributed by atoms with Crippen molar-refractivity contribution in [3.8, 4) is 0 Å². The molecule has 1 aromatic carbocycles. The number of benzene rings is 1. The maximum atomic E-state index is 5.73. The van der Waals surface area contributed by atoms with Crippen LogP contribution in [0.2, 0.25) is 0 Å². The number of hydrogen-bond acceptors (Lipinski definition) is 4. The van der Waals surface area contributed by atoms with Crippen LogP contribution in [-0.2, 0) is 6.54 Å². The fraction of sp³-hybridized carbons (Fsp3) is 0.286. The highest BCUT2D eigenvalue weighted by Crippen LogP contribution is 2.07. The second-order valence-corrected chi connectivity index (χ2v) is 4.81. The SMILES string of the molecule is Cc1cn(N=Cc2cccc(CN(C)C)c2)c(N)n1. The summed E-state index contributed by atoms with van der Waals surface area (Å²) in [7, 11) is 4.10. The first-order valence-electron chi connectivity index (χ1n) is 6.14. The lowest BCUT2D eigenvalue weighted by molar-refractivity contribution is 0.402. The largest absolute Gasteiger partial charge is 0.368 e. The number of hydrogen-bond donors (Lipinski definition) is 1. The van der Waals surface area contributed by atoms with Crippen molar-refractivity contribution in [3.63, 3.8) is 0 Å². The molecule has 0 aliphatic rings. The Morgan fingerprint density at radius 3 is 2.84 bits per heavy atom. The molecule has 0 spiro atoms. The number of aryl methyl sites for hydroxylation is 1. The van der Waals surface area contributed by atoms with E-state index >= 15 is 0 Å². The van der Waals surface area contributed by atoms with Crippen molar-refractivity contribution >= 4 is 12.2 Å². The van der Waals surface area contributed by atoms with Crippen LogP contribution < -0.4 is 5.73 Å². The Morgan fingerprint density at radius 2 is 2.21 bits per heavy atom. The Hall–Kier alpha value is -2.14. The molecule has 0 fully saturated rings. The standard InChI is InChI=1S/C14H19N5/c1-11-9-19(14(15)17-11)16-8-12-5-4-6-13(7-12)10-18(2)3/h4-9H,10H2,1-3H3,(H2,15,17). The van der Waals surface area contributed by atoms with Crippen LogP contribution in [0.25, 0.3) is 0 Å². The van der Waals surface area contributed by atoms with Crippen molar-refractivity contribution in [2.24, 2.45) is 5.10 Å². The first-order chi connectivity index (χ1) is 9.04. The summed E-state index contributed by atoms with van der Waals surface area (Å²) in [6, 6.07) is 8.27. The molecule has 0 atom stereocenters. The van der Waals surface area contributed by atoms with Crippen LogP contribution in [0.4, 0.5) is 5.95 Å². The van der Waals surface area contributed by atoms with E-state index in [9.17, 15) is 0 Å². The van der Waals surface area contributed by atoms with Gasteiger partial charge in [0, 0.05) is 6.54 Å². The Morgan fingerprint density at radius 1 is 1.42 bits per heavy atom. The highest BCUT2D eigenvalue weighted by atomic mass is 15.4. The van der Waals surface area contributed by atoms with E-state index in [2.05, 4.69) is 41.2 Å². The van der Waals surface area contributed by atoms with Gasteiger partial charge < -0.3 is 10.6 Å². The van der Waals surface area contributed by atoms with Gasteiger partial charge in [0.15, 0.2) is 0 Å². The number of nitrogen functional groups attached to an aromatic ring is 1. The predicted molar refractivity (Wildman–Crippen MR) is 78.2 cm³/mol. The van der Waals surface area contributed by atoms with Crippen LogP contribution in [0.1, 0.15) is 16.8 Å². The van der Waals surface area contributed by atoms with E-state index in [1.165, 1.54) is 5.56 Å². The van der Waals surface area contributed by atoms with Gasteiger partial charge >= 0.3 is 0 Å². The van der Waals surface area contributed by atoms with Crippen molar-refractivity contribution in [1.82, 2.24) is 14.6 Å². The molecule has 5 heteroatoms. The molecule has 0 unspecified atom stereocenters. The van der Waals surface area contributed by atoms with E-state index in [0.717, 1.165) is 17.8 Å². The lowest BCUT2D eigenvalue weighted by Gasteiger charge is -2.09. The van der Waals surface area contributed by atoms with Crippen LogP contribution >= 0.6 is 0 Å². The third-order valence-corrected chi connectivity index (χ3v) is 2.62. The summed E-state index contributed by atoms with van der Waals surface area (Å²) in [4.78, 5) is 6.23. The minimum absolute atomic E-state index is 0.401. The summed E-state index contributed by atoms with van der Waals surface area (Å²) < 4.78 is 1.58. The molecule has 19 heavy (non-hydrogen) atoms. The first-order valence-corrected chi connectivity index (χ1v) is 6.14. The molecule has 2 N–H and O–H groups in total. The van der Waals surface area contributed by atoms with Gasteiger partial charge in [-0.3, -0.25) is 0 Å². The second kappa shape index (κ2) is 5.67. The maximum absolute atomic E-state index is 5.73. The Labute approximate surface area is 113 Å². The van der Waals surface area contributed by atoms with Crippen LogP contribution in [0.3, 0.4) is 0 Å². The van der Waals surface area contributed by atoms with Crippen molar-refractivity contribution in [2.75, 3.05) is 19.8 Å². The molecule has 100 valence electrons. The van der Waals surface area contributed by atoms with E-state index in [4.69, 9.17) is 5.73 Å². The quantitative estimate of drug-likeness (QED) is 0.848. The average Bonchev–Trinajstić information content (AvgIpc) is 2.65. The average molecular weight is 257 g/mol. The molecular formula is C14H19N5. The molecule has 2 aromatic rings. The molecule has 5 nitrogen and oxygen atoms in total. The zero-order chi connectivity index (χ0) is 13.8. The Bertz CT molecular complexity index is 583. The van der Waals surface area contributed by atoms with Gasteiger partial charge in [0.25, 0.3) is 0 Å². The fourth-order valence-corrected chi connectivity index (χ4v) is 1.86. The maximum Gasteiger partial charge on any atom is 0.221 e. The lowest BCUT2D eigenvalue weighted by atomic mass is 10.1. The lowest BCUT2D eigenvalue weighted by Crippen LogP contribution is -2.10. The monoisotopic (exact) mass is 257 g/mol. The molecule has 0 amide bonds. The molecule has 0 aliphatic carbocycles. The van der Waals surface area contributed by atoms with Crippen LogP contribution in [0.5, 0.6) is 0 Å².